The van der Waals surface area contributed by atoms with Crippen molar-refractivity contribution < 1.29 is 0 Å². The molecule has 0 radical (unpaired) electrons. The molecule has 2 fully saturated rings. The molecule has 116 valence electrons. The van der Waals surface area contributed by atoms with Crippen molar-refractivity contribution in [2.24, 2.45) is 5.92 Å². The Balaban J connectivity index is 1.72. The van der Waals surface area contributed by atoms with E-state index in [2.05, 4.69) is 35.2 Å². The highest BCUT2D eigenvalue weighted by molar-refractivity contribution is 6.31. The van der Waals surface area contributed by atoms with Crippen LogP contribution in [0, 0.1) is 5.92 Å². The predicted octanol–water partition coefficient (Wildman–Crippen LogP) is 4.00. The molecule has 0 saturated heterocycles. The highest BCUT2D eigenvalue weighted by Gasteiger charge is 2.26. The molecule has 2 saturated carbocycles. The van der Waals surface area contributed by atoms with Crippen LogP contribution in [0.1, 0.15) is 51.0 Å². The molecular weight excluding hydrogens is 282 g/mol. The van der Waals surface area contributed by atoms with Gasteiger partial charge in [-0.3, -0.25) is 0 Å². The van der Waals surface area contributed by atoms with Crippen LogP contribution in [0.2, 0.25) is 5.02 Å². The van der Waals surface area contributed by atoms with Gasteiger partial charge in [-0.1, -0.05) is 31.4 Å². The fourth-order valence-corrected chi connectivity index (χ4v) is 3.55. The van der Waals surface area contributed by atoms with Crippen LogP contribution in [0.15, 0.2) is 12.3 Å². The molecule has 2 aliphatic rings. The minimum Gasteiger partial charge on any atom is -0.356 e. The molecule has 0 spiro atoms. The summed E-state index contributed by atoms with van der Waals surface area (Å²) in [4.78, 5) is 6.92. The summed E-state index contributed by atoms with van der Waals surface area (Å²) >= 11 is 6.30. The zero-order valence-corrected chi connectivity index (χ0v) is 13.9. The molecular formula is C17H26ClN3. The Bertz CT molecular complexity index is 487. The van der Waals surface area contributed by atoms with Crippen molar-refractivity contribution >= 4 is 17.4 Å². The Morgan fingerprint density at radius 2 is 2.05 bits per heavy atom. The number of nitrogens with one attached hydrogen (secondary N) is 1. The second-order valence-electron chi connectivity index (χ2n) is 6.73. The van der Waals surface area contributed by atoms with Crippen LogP contribution in [0.3, 0.4) is 0 Å². The second-order valence-corrected chi connectivity index (χ2v) is 7.14. The molecule has 1 aromatic rings. The first kappa shape index (κ1) is 15.1. The van der Waals surface area contributed by atoms with E-state index in [9.17, 15) is 0 Å². The van der Waals surface area contributed by atoms with Crippen molar-refractivity contribution in [1.29, 1.82) is 0 Å². The van der Waals surface area contributed by atoms with E-state index in [1.807, 2.05) is 6.20 Å². The largest absolute Gasteiger partial charge is 0.356 e. The first-order chi connectivity index (χ1) is 10.1. The lowest BCUT2D eigenvalue weighted by molar-refractivity contribution is 0.320. The van der Waals surface area contributed by atoms with E-state index in [0.717, 1.165) is 23.3 Å². The van der Waals surface area contributed by atoms with Gasteiger partial charge in [0, 0.05) is 31.9 Å². The SMILES string of the molecule is CC1CCCCC1N(C)c1cc(CNC2CC2)c(Cl)cn1. The van der Waals surface area contributed by atoms with Gasteiger partial charge in [-0.25, -0.2) is 4.98 Å². The third-order valence-electron chi connectivity index (χ3n) is 5.00. The van der Waals surface area contributed by atoms with E-state index in [0.29, 0.717) is 12.1 Å². The van der Waals surface area contributed by atoms with Gasteiger partial charge in [0.1, 0.15) is 5.82 Å². The Kier molecular flexibility index (Phi) is 4.70. The van der Waals surface area contributed by atoms with E-state index in [1.54, 1.807) is 0 Å². The molecule has 21 heavy (non-hydrogen) atoms. The maximum atomic E-state index is 6.30. The number of pyridine rings is 1. The monoisotopic (exact) mass is 307 g/mol. The molecule has 0 aliphatic heterocycles. The first-order valence-electron chi connectivity index (χ1n) is 8.26. The summed E-state index contributed by atoms with van der Waals surface area (Å²) in [7, 11) is 2.18. The number of rotatable bonds is 5. The minimum atomic E-state index is 0.608. The van der Waals surface area contributed by atoms with Crippen molar-refractivity contribution in [1.82, 2.24) is 10.3 Å². The Morgan fingerprint density at radius 1 is 1.29 bits per heavy atom. The van der Waals surface area contributed by atoms with Crippen LogP contribution in [-0.2, 0) is 6.54 Å². The smallest absolute Gasteiger partial charge is 0.128 e. The summed E-state index contributed by atoms with van der Waals surface area (Å²) in [6.45, 7) is 3.22. The first-order valence-corrected chi connectivity index (χ1v) is 8.63. The van der Waals surface area contributed by atoms with Crippen LogP contribution in [-0.4, -0.2) is 24.1 Å². The van der Waals surface area contributed by atoms with Gasteiger partial charge in [0.25, 0.3) is 0 Å². The van der Waals surface area contributed by atoms with Gasteiger partial charge in [0.05, 0.1) is 5.02 Å². The van der Waals surface area contributed by atoms with Crippen molar-refractivity contribution in [3.8, 4) is 0 Å². The standard InChI is InChI=1S/C17H26ClN3/c1-12-5-3-4-6-16(12)21(2)17-9-13(15(18)11-20-17)10-19-14-7-8-14/h9,11-12,14,16,19H,3-8,10H2,1-2H3. The average Bonchev–Trinajstić information content (AvgIpc) is 3.30. The van der Waals surface area contributed by atoms with Crippen molar-refractivity contribution in [3.05, 3.63) is 22.8 Å². The molecule has 2 aliphatic carbocycles. The second kappa shape index (κ2) is 6.53. The van der Waals surface area contributed by atoms with E-state index >= 15 is 0 Å². The summed E-state index contributed by atoms with van der Waals surface area (Å²) in [5.41, 5.74) is 1.17. The molecule has 1 N–H and O–H groups in total. The van der Waals surface area contributed by atoms with E-state index in [1.165, 1.54) is 44.1 Å². The molecule has 3 rings (SSSR count). The number of nitrogens with zero attached hydrogens (tertiary/aromatic N) is 2. The third kappa shape index (κ3) is 3.70. The van der Waals surface area contributed by atoms with Crippen LogP contribution in [0.5, 0.6) is 0 Å². The molecule has 2 unspecified atom stereocenters. The normalized spacial score (nSPS) is 25.9. The molecule has 1 heterocycles. The van der Waals surface area contributed by atoms with Gasteiger partial charge in [-0.05, 0) is 43.2 Å². The van der Waals surface area contributed by atoms with Crippen molar-refractivity contribution in [2.45, 2.75) is 64.1 Å². The molecule has 4 heteroatoms. The topological polar surface area (TPSA) is 28.2 Å². The van der Waals surface area contributed by atoms with Crippen LogP contribution in [0.25, 0.3) is 0 Å². The highest BCUT2D eigenvalue weighted by Crippen LogP contribution is 2.31. The summed E-state index contributed by atoms with van der Waals surface area (Å²) < 4.78 is 0. The highest BCUT2D eigenvalue weighted by atomic mass is 35.5. The van der Waals surface area contributed by atoms with Gasteiger partial charge in [-0.2, -0.15) is 0 Å². The van der Waals surface area contributed by atoms with Gasteiger partial charge in [-0.15, -0.1) is 0 Å². The summed E-state index contributed by atoms with van der Waals surface area (Å²) in [5, 5.41) is 4.31. The van der Waals surface area contributed by atoms with Crippen LogP contribution < -0.4 is 10.2 Å². The quantitative estimate of drug-likeness (QED) is 0.891. The third-order valence-corrected chi connectivity index (χ3v) is 5.34. The number of hydrogen-bond acceptors (Lipinski definition) is 3. The summed E-state index contributed by atoms with van der Waals surface area (Å²) in [6.07, 6.45) is 9.73. The van der Waals surface area contributed by atoms with Gasteiger partial charge < -0.3 is 10.2 Å². The number of hydrogen-bond donors (Lipinski definition) is 1. The molecule has 3 nitrogen and oxygen atoms in total. The lowest BCUT2D eigenvalue weighted by atomic mass is 9.85. The minimum absolute atomic E-state index is 0.608. The van der Waals surface area contributed by atoms with Crippen LogP contribution in [0.4, 0.5) is 5.82 Å². The lowest BCUT2D eigenvalue weighted by Crippen LogP contribution is -2.39. The van der Waals surface area contributed by atoms with Gasteiger partial charge in [0.15, 0.2) is 0 Å². The average molecular weight is 308 g/mol. The fourth-order valence-electron chi connectivity index (χ4n) is 3.38. The number of halogens is 1. The molecule has 0 bridgehead atoms. The Labute approximate surface area is 133 Å². The number of anilines is 1. The predicted molar refractivity (Wildman–Crippen MR) is 88.9 cm³/mol. The molecule has 0 aromatic carbocycles. The Hall–Kier alpha value is -0.800. The number of aromatic nitrogens is 1. The summed E-state index contributed by atoms with van der Waals surface area (Å²) in [6, 6.07) is 3.48. The van der Waals surface area contributed by atoms with E-state index in [4.69, 9.17) is 11.6 Å². The Morgan fingerprint density at radius 3 is 2.76 bits per heavy atom. The van der Waals surface area contributed by atoms with Crippen molar-refractivity contribution in [3.63, 3.8) is 0 Å². The van der Waals surface area contributed by atoms with Gasteiger partial charge >= 0.3 is 0 Å². The molecule has 1 aromatic heterocycles. The summed E-state index contributed by atoms with van der Waals surface area (Å²) in [5.74, 6) is 1.81. The zero-order valence-electron chi connectivity index (χ0n) is 13.1. The van der Waals surface area contributed by atoms with E-state index < -0.39 is 0 Å². The van der Waals surface area contributed by atoms with Gasteiger partial charge in [0.2, 0.25) is 0 Å². The maximum absolute atomic E-state index is 6.30. The van der Waals surface area contributed by atoms with Crippen molar-refractivity contribution in [2.75, 3.05) is 11.9 Å². The zero-order chi connectivity index (χ0) is 14.8. The fraction of sp³-hybridized carbons (Fsp3) is 0.706. The molecule has 0 amide bonds. The van der Waals surface area contributed by atoms with E-state index in [-0.39, 0.29) is 0 Å². The maximum Gasteiger partial charge on any atom is 0.128 e. The lowest BCUT2D eigenvalue weighted by Gasteiger charge is -2.37. The molecule has 2 atom stereocenters. The van der Waals surface area contributed by atoms with Crippen LogP contribution >= 0.6 is 11.6 Å².